The Balaban J connectivity index is 2.59. The molecule has 1 aliphatic heterocycles. The third kappa shape index (κ3) is 1.02. The van der Waals surface area contributed by atoms with Gasteiger partial charge in [-0.1, -0.05) is 24.8 Å². The number of hydrogen-bond acceptors (Lipinski definition) is 1. The SMILES string of the molecule is C=C1CCOc2c(C)cccc21. The van der Waals surface area contributed by atoms with Crippen LogP contribution in [0.5, 0.6) is 5.75 Å². The number of fused-ring (bicyclic) bond motifs is 1. The monoisotopic (exact) mass is 160 g/mol. The number of aryl methyl sites for hydroxylation is 1. The van der Waals surface area contributed by atoms with Crippen LogP contribution in [0.25, 0.3) is 5.57 Å². The molecule has 0 unspecified atom stereocenters. The summed E-state index contributed by atoms with van der Waals surface area (Å²) in [6.45, 7) is 6.86. The molecule has 0 aliphatic carbocycles. The van der Waals surface area contributed by atoms with Gasteiger partial charge in [-0.15, -0.1) is 0 Å². The maximum absolute atomic E-state index is 5.56. The molecule has 1 heterocycles. The summed E-state index contributed by atoms with van der Waals surface area (Å²) in [5.74, 6) is 1.02. The molecule has 0 bridgehead atoms. The summed E-state index contributed by atoms with van der Waals surface area (Å²) < 4.78 is 5.56. The van der Waals surface area contributed by atoms with E-state index < -0.39 is 0 Å². The van der Waals surface area contributed by atoms with Gasteiger partial charge >= 0.3 is 0 Å². The molecule has 1 aromatic carbocycles. The van der Waals surface area contributed by atoms with Crippen molar-refractivity contribution >= 4 is 5.57 Å². The molecule has 1 nitrogen and oxygen atoms in total. The van der Waals surface area contributed by atoms with E-state index in [-0.39, 0.29) is 0 Å². The predicted molar refractivity (Wildman–Crippen MR) is 50.3 cm³/mol. The van der Waals surface area contributed by atoms with E-state index in [4.69, 9.17) is 4.74 Å². The van der Waals surface area contributed by atoms with Crippen molar-refractivity contribution in [3.63, 3.8) is 0 Å². The van der Waals surface area contributed by atoms with Gasteiger partial charge in [-0.05, 0) is 18.1 Å². The Hall–Kier alpha value is -1.24. The van der Waals surface area contributed by atoms with Crippen LogP contribution in [0.2, 0.25) is 0 Å². The molecule has 1 aliphatic rings. The average molecular weight is 160 g/mol. The quantitative estimate of drug-likeness (QED) is 0.567. The standard InChI is InChI=1S/C11H12O/c1-8-6-7-12-11-9(2)4-3-5-10(8)11/h3-5H,1,6-7H2,2H3. The summed E-state index contributed by atoms with van der Waals surface area (Å²) >= 11 is 0. The van der Waals surface area contributed by atoms with Crippen LogP contribution in [0, 0.1) is 6.92 Å². The Labute approximate surface area is 72.7 Å². The predicted octanol–water partition coefficient (Wildman–Crippen LogP) is 2.79. The minimum absolute atomic E-state index is 0.774. The normalized spacial score (nSPS) is 15.2. The fraction of sp³-hybridized carbons (Fsp3) is 0.273. The lowest BCUT2D eigenvalue weighted by Crippen LogP contribution is -2.08. The van der Waals surface area contributed by atoms with Crippen LogP contribution < -0.4 is 4.74 Å². The van der Waals surface area contributed by atoms with Crippen molar-refractivity contribution in [2.45, 2.75) is 13.3 Å². The highest BCUT2D eigenvalue weighted by atomic mass is 16.5. The Morgan fingerprint density at radius 1 is 1.42 bits per heavy atom. The van der Waals surface area contributed by atoms with Crippen LogP contribution in [0.15, 0.2) is 24.8 Å². The van der Waals surface area contributed by atoms with E-state index in [1.165, 1.54) is 16.7 Å². The Morgan fingerprint density at radius 2 is 2.25 bits per heavy atom. The smallest absolute Gasteiger partial charge is 0.129 e. The van der Waals surface area contributed by atoms with Crippen molar-refractivity contribution < 1.29 is 4.74 Å². The van der Waals surface area contributed by atoms with E-state index in [2.05, 4.69) is 25.6 Å². The second-order valence-electron chi connectivity index (χ2n) is 3.15. The van der Waals surface area contributed by atoms with Crippen molar-refractivity contribution in [1.82, 2.24) is 0 Å². The highest BCUT2D eigenvalue weighted by Crippen LogP contribution is 2.33. The van der Waals surface area contributed by atoms with Gasteiger partial charge in [-0.25, -0.2) is 0 Å². The molecule has 0 fully saturated rings. The highest BCUT2D eigenvalue weighted by Gasteiger charge is 2.14. The molecule has 2 rings (SSSR count). The Kier molecular flexibility index (Phi) is 1.65. The van der Waals surface area contributed by atoms with Crippen molar-refractivity contribution in [1.29, 1.82) is 0 Å². The second-order valence-corrected chi connectivity index (χ2v) is 3.15. The van der Waals surface area contributed by atoms with Gasteiger partial charge in [0.05, 0.1) is 6.61 Å². The van der Waals surface area contributed by atoms with Crippen LogP contribution in [0.4, 0.5) is 0 Å². The van der Waals surface area contributed by atoms with Gasteiger partial charge in [0.2, 0.25) is 0 Å². The van der Waals surface area contributed by atoms with E-state index in [1.807, 2.05) is 6.07 Å². The highest BCUT2D eigenvalue weighted by molar-refractivity contribution is 5.71. The molecule has 62 valence electrons. The number of benzene rings is 1. The third-order valence-electron chi connectivity index (χ3n) is 2.24. The zero-order valence-electron chi connectivity index (χ0n) is 7.26. The lowest BCUT2D eigenvalue weighted by atomic mass is 9.99. The van der Waals surface area contributed by atoms with Crippen LogP contribution in [-0.2, 0) is 0 Å². The van der Waals surface area contributed by atoms with Gasteiger partial charge in [0, 0.05) is 12.0 Å². The Morgan fingerprint density at radius 3 is 3.00 bits per heavy atom. The van der Waals surface area contributed by atoms with Gasteiger partial charge in [0.1, 0.15) is 5.75 Å². The lowest BCUT2D eigenvalue weighted by Gasteiger charge is -2.20. The molecular formula is C11H12O. The third-order valence-corrected chi connectivity index (χ3v) is 2.24. The van der Waals surface area contributed by atoms with E-state index in [1.54, 1.807) is 0 Å². The first-order chi connectivity index (χ1) is 5.79. The van der Waals surface area contributed by atoms with Gasteiger partial charge in [0.15, 0.2) is 0 Å². The summed E-state index contributed by atoms with van der Waals surface area (Å²) in [6, 6.07) is 6.19. The number of rotatable bonds is 0. The largest absolute Gasteiger partial charge is 0.492 e. The molecule has 0 spiro atoms. The minimum atomic E-state index is 0.774. The van der Waals surface area contributed by atoms with E-state index >= 15 is 0 Å². The maximum Gasteiger partial charge on any atom is 0.129 e. The first-order valence-electron chi connectivity index (χ1n) is 4.19. The summed E-state index contributed by atoms with van der Waals surface area (Å²) in [7, 11) is 0. The van der Waals surface area contributed by atoms with E-state index in [0.29, 0.717) is 0 Å². The second kappa shape index (κ2) is 2.67. The lowest BCUT2D eigenvalue weighted by molar-refractivity contribution is 0.314. The van der Waals surface area contributed by atoms with Crippen LogP contribution in [-0.4, -0.2) is 6.61 Å². The fourth-order valence-electron chi connectivity index (χ4n) is 1.53. The van der Waals surface area contributed by atoms with Crippen LogP contribution in [0.3, 0.4) is 0 Å². The fourth-order valence-corrected chi connectivity index (χ4v) is 1.53. The zero-order valence-corrected chi connectivity index (χ0v) is 7.26. The summed E-state index contributed by atoms with van der Waals surface area (Å²) in [5, 5.41) is 0. The van der Waals surface area contributed by atoms with Crippen molar-refractivity contribution in [3.05, 3.63) is 35.9 Å². The van der Waals surface area contributed by atoms with Gasteiger partial charge < -0.3 is 4.74 Å². The van der Waals surface area contributed by atoms with E-state index in [0.717, 1.165) is 18.8 Å². The first kappa shape index (κ1) is 7.41. The van der Waals surface area contributed by atoms with Crippen molar-refractivity contribution in [3.8, 4) is 5.75 Å². The maximum atomic E-state index is 5.56. The molecule has 0 atom stereocenters. The molecule has 1 aromatic rings. The molecule has 12 heavy (non-hydrogen) atoms. The topological polar surface area (TPSA) is 9.23 Å². The van der Waals surface area contributed by atoms with Crippen molar-refractivity contribution in [2.24, 2.45) is 0 Å². The molecule has 0 amide bonds. The molecule has 0 N–H and O–H groups in total. The molecule has 0 aromatic heterocycles. The Bertz CT molecular complexity index is 326. The number of ether oxygens (including phenoxy) is 1. The summed E-state index contributed by atoms with van der Waals surface area (Å²) in [4.78, 5) is 0. The summed E-state index contributed by atoms with van der Waals surface area (Å²) in [5.41, 5.74) is 3.58. The van der Waals surface area contributed by atoms with Crippen LogP contribution in [0.1, 0.15) is 17.5 Å². The van der Waals surface area contributed by atoms with E-state index in [9.17, 15) is 0 Å². The average Bonchev–Trinajstić information content (AvgIpc) is 2.07. The molecule has 1 heteroatoms. The summed E-state index contributed by atoms with van der Waals surface area (Å²) in [6.07, 6.45) is 0.955. The van der Waals surface area contributed by atoms with Crippen molar-refractivity contribution in [2.75, 3.05) is 6.61 Å². The molecule has 0 saturated carbocycles. The number of para-hydroxylation sites is 1. The minimum Gasteiger partial charge on any atom is -0.492 e. The molecular weight excluding hydrogens is 148 g/mol. The van der Waals surface area contributed by atoms with Crippen LogP contribution >= 0.6 is 0 Å². The molecule has 0 radical (unpaired) electrons. The van der Waals surface area contributed by atoms with Gasteiger partial charge in [-0.3, -0.25) is 0 Å². The van der Waals surface area contributed by atoms with Gasteiger partial charge in [0.25, 0.3) is 0 Å². The first-order valence-corrected chi connectivity index (χ1v) is 4.19. The zero-order chi connectivity index (χ0) is 8.55. The van der Waals surface area contributed by atoms with Gasteiger partial charge in [-0.2, -0.15) is 0 Å². The molecule has 0 saturated heterocycles. The number of hydrogen-bond donors (Lipinski definition) is 0.